The molecule has 0 amide bonds. The van der Waals surface area contributed by atoms with Crippen molar-refractivity contribution in [2.75, 3.05) is 0 Å². The van der Waals surface area contributed by atoms with Crippen LogP contribution in [0.1, 0.15) is 19.4 Å². The van der Waals surface area contributed by atoms with E-state index in [-0.39, 0.29) is 11.9 Å². The van der Waals surface area contributed by atoms with Crippen molar-refractivity contribution in [2.24, 2.45) is 0 Å². The minimum Gasteiger partial charge on any atom is -0.506 e. The highest BCUT2D eigenvalue weighted by molar-refractivity contribution is 5.87. The second-order valence-electron chi connectivity index (χ2n) is 6.00. The first-order chi connectivity index (χ1) is 11.9. The average Bonchev–Trinajstić information content (AvgIpc) is 3.00. The lowest BCUT2D eigenvalue weighted by Crippen LogP contribution is -2.17. The van der Waals surface area contributed by atoms with Crippen molar-refractivity contribution in [3.63, 3.8) is 0 Å². The van der Waals surface area contributed by atoms with E-state index in [4.69, 9.17) is 4.74 Å². The number of aromatic hydroxyl groups is 1. The molecule has 0 bridgehead atoms. The number of rotatable bonds is 5. The lowest BCUT2D eigenvalue weighted by atomic mass is 10.1. The minimum absolute atomic E-state index is 0.0793. The number of carbonyl (C=O) groups is 1. The largest absolute Gasteiger partial charge is 0.506 e. The van der Waals surface area contributed by atoms with E-state index in [0.717, 1.165) is 16.6 Å². The van der Waals surface area contributed by atoms with Crippen molar-refractivity contribution in [1.82, 2.24) is 15.0 Å². The zero-order valence-electron chi connectivity index (χ0n) is 14.1. The van der Waals surface area contributed by atoms with Gasteiger partial charge in [-0.25, -0.2) is 4.79 Å². The highest BCUT2D eigenvalue weighted by atomic mass is 16.5. The van der Waals surface area contributed by atoms with Gasteiger partial charge in [-0.2, -0.15) is 0 Å². The molecular weight excluding hydrogens is 318 g/mol. The van der Waals surface area contributed by atoms with E-state index in [2.05, 4.69) is 16.8 Å². The molecule has 0 aliphatic rings. The quantitative estimate of drug-likeness (QED) is 0.571. The molecule has 6 heteroatoms. The van der Waals surface area contributed by atoms with Gasteiger partial charge in [0.15, 0.2) is 0 Å². The molecule has 1 heterocycles. The van der Waals surface area contributed by atoms with Crippen LogP contribution in [0.3, 0.4) is 0 Å². The number of esters is 1. The molecule has 1 N–H and O–H groups in total. The molecule has 1 aromatic heterocycles. The van der Waals surface area contributed by atoms with Crippen LogP contribution in [0.2, 0.25) is 0 Å². The summed E-state index contributed by atoms with van der Waals surface area (Å²) in [6.45, 7) is 7.00. The van der Waals surface area contributed by atoms with Gasteiger partial charge < -0.3 is 9.84 Å². The van der Waals surface area contributed by atoms with Crippen LogP contribution in [0.5, 0.6) is 5.75 Å². The summed E-state index contributed by atoms with van der Waals surface area (Å²) in [4.78, 5) is 13.0. The second-order valence-corrected chi connectivity index (χ2v) is 6.00. The Morgan fingerprint density at radius 1 is 1.24 bits per heavy atom. The van der Waals surface area contributed by atoms with Gasteiger partial charge in [-0.3, -0.25) is 0 Å². The molecule has 1 atom stereocenters. The van der Waals surface area contributed by atoms with Gasteiger partial charge in [-0.05, 0) is 43.7 Å². The molecular formula is C19H19N3O3. The number of phenolic OH excluding ortho intramolecular Hbond substituents is 1. The van der Waals surface area contributed by atoms with Crippen LogP contribution < -0.4 is 0 Å². The molecule has 3 rings (SSSR count). The number of hydrogen-bond donors (Lipinski definition) is 1. The number of fused-ring (bicyclic) bond motifs is 1. The Balaban J connectivity index is 1.85. The van der Waals surface area contributed by atoms with E-state index >= 15 is 0 Å². The van der Waals surface area contributed by atoms with Crippen molar-refractivity contribution < 1.29 is 14.6 Å². The van der Waals surface area contributed by atoms with E-state index in [1.807, 2.05) is 31.2 Å². The van der Waals surface area contributed by atoms with Crippen molar-refractivity contribution in [3.05, 3.63) is 60.2 Å². The number of benzene rings is 2. The molecule has 6 nitrogen and oxygen atoms in total. The van der Waals surface area contributed by atoms with Crippen LogP contribution in [0.15, 0.2) is 54.6 Å². The van der Waals surface area contributed by atoms with Gasteiger partial charge in [0, 0.05) is 12.0 Å². The smallest absolute Gasteiger partial charge is 0.333 e. The van der Waals surface area contributed by atoms with Crippen molar-refractivity contribution in [2.45, 2.75) is 26.4 Å². The Hall–Kier alpha value is -3.15. The fraction of sp³-hybridized carbons (Fsp3) is 0.211. The molecule has 3 aromatic rings. The monoisotopic (exact) mass is 337 g/mol. The van der Waals surface area contributed by atoms with Crippen molar-refractivity contribution in [3.8, 4) is 11.4 Å². The molecule has 0 spiro atoms. The summed E-state index contributed by atoms with van der Waals surface area (Å²) in [6.07, 6.45) is 0.193. The van der Waals surface area contributed by atoms with Crippen LogP contribution >= 0.6 is 0 Å². The van der Waals surface area contributed by atoms with Gasteiger partial charge in [0.1, 0.15) is 28.6 Å². The van der Waals surface area contributed by atoms with Crippen LogP contribution in [0, 0.1) is 0 Å². The summed E-state index contributed by atoms with van der Waals surface area (Å²) >= 11 is 0. The van der Waals surface area contributed by atoms with E-state index < -0.39 is 5.97 Å². The normalized spacial score (nSPS) is 12.1. The number of nitrogens with zero attached hydrogens (tertiary/aromatic N) is 3. The van der Waals surface area contributed by atoms with Gasteiger partial charge in [-0.1, -0.05) is 24.8 Å². The van der Waals surface area contributed by atoms with Gasteiger partial charge in [0.05, 0.1) is 0 Å². The highest BCUT2D eigenvalue weighted by Gasteiger charge is 2.14. The van der Waals surface area contributed by atoms with E-state index in [1.54, 1.807) is 25.1 Å². The Morgan fingerprint density at radius 3 is 2.48 bits per heavy atom. The predicted molar refractivity (Wildman–Crippen MR) is 94.6 cm³/mol. The fourth-order valence-corrected chi connectivity index (χ4v) is 2.48. The maximum atomic E-state index is 11.6. The Labute approximate surface area is 145 Å². The number of ether oxygens (including phenoxy) is 1. The van der Waals surface area contributed by atoms with E-state index in [9.17, 15) is 9.90 Å². The zero-order chi connectivity index (χ0) is 18.0. The minimum atomic E-state index is -0.411. The highest BCUT2D eigenvalue weighted by Crippen LogP contribution is 2.24. The molecule has 25 heavy (non-hydrogen) atoms. The summed E-state index contributed by atoms with van der Waals surface area (Å²) < 4.78 is 5.30. The third-order valence-electron chi connectivity index (χ3n) is 3.72. The first-order valence-corrected chi connectivity index (χ1v) is 7.95. The maximum absolute atomic E-state index is 11.6. The van der Waals surface area contributed by atoms with Gasteiger partial charge in [-0.15, -0.1) is 15.0 Å². The first-order valence-electron chi connectivity index (χ1n) is 7.95. The van der Waals surface area contributed by atoms with E-state index in [0.29, 0.717) is 17.7 Å². The third kappa shape index (κ3) is 3.68. The number of aromatic nitrogens is 3. The lowest BCUT2D eigenvalue weighted by molar-refractivity contribution is -0.143. The molecule has 1 unspecified atom stereocenters. The Bertz CT molecular complexity index is 913. The molecule has 2 aromatic carbocycles. The maximum Gasteiger partial charge on any atom is 0.333 e. The predicted octanol–water partition coefficient (Wildman–Crippen LogP) is 3.18. The molecule has 128 valence electrons. The van der Waals surface area contributed by atoms with Gasteiger partial charge in [0.25, 0.3) is 0 Å². The number of hydrogen-bond acceptors (Lipinski definition) is 5. The Kier molecular flexibility index (Phi) is 4.52. The fourth-order valence-electron chi connectivity index (χ4n) is 2.48. The number of phenols is 1. The molecule has 0 radical (unpaired) electrons. The second kappa shape index (κ2) is 6.76. The summed E-state index contributed by atoms with van der Waals surface area (Å²) in [5.74, 6) is -0.331. The molecule has 0 saturated carbocycles. The van der Waals surface area contributed by atoms with E-state index in [1.165, 1.54) is 4.80 Å². The topological polar surface area (TPSA) is 77.2 Å². The van der Waals surface area contributed by atoms with Crippen LogP contribution in [0.4, 0.5) is 0 Å². The Morgan fingerprint density at radius 2 is 1.88 bits per heavy atom. The first kappa shape index (κ1) is 16.7. The summed E-state index contributed by atoms with van der Waals surface area (Å²) in [6, 6.07) is 12.7. The van der Waals surface area contributed by atoms with Crippen LogP contribution in [-0.4, -0.2) is 32.2 Å². The van der Waals surface area contributed by atoms with Gasteiger partial charge in [0.2, 0.25) is 0 Å². The lowest BCUT2D eigenvalue weighted by Gasteiger charge is -2.14. The summed E-state index contributed by atoms with van der Waals surface area (Å²) in [5.41, 5.74) is 3.24. The van der Waals surface area contributed by atoms with Gasteiger partial charge >= 0.3 is 5.97 Å². The standard InChI is InChI=1S/C19H19N3O3/c1-12(2)19(24)25-13(3)10-14-8-9-18(23)17(11-14)22-20-15-6-4-5-7-16(15)21-22/h4-9,11,13,23H,1,10H2,2-3H3. The molecule has 0 aliphatic heterocycles. The third-order valence-corrected chi connectivity index (χ3v) is 3.72. The molecule has 0 aliphatic carbocycles. The number of carbonyl (C=O) groups excluding carboxylic acids is 1. The molecule has 0 saturated heterocycles. The molecule has 0 fully saturated rings. The average molecular weight is 337 g/mol. The summed E-state index contributed by atoms with van der Waals surface area (Å²) in [7, 11) is 0. The summed E-state index contributed by atoms with van der Waals surface area (Å²) in [5, 5.41) is 18.9. The van der Waals surface area contributed by atoms with Crippen LogP contribution in [-0.2, 0) is 16.0 Å². The van der Waals surface area contributed by atoms with Crippen molar-refractivity contribution in [1.29, 1.82) is 0 Å². The van der Waals surface area contributed by atoms with Crippen LogP contribution in [0.25, 0.3) is 16.7 Å². The zero-order valence-corrected chi connectivity index (χ0v) is 14.1. The SMILES string of the molecule is C=C(C)C(=O)OC(C)Cc1ccc(O)c(-n2nc3ccccc3n2)c1. The van der Waals surface area contributed by atoms with Crippen molar-refractivity contribution >= 4 is 17.0 Å².